The van der Waals surface area contributed by atoms with Crippen LogP contribution in [-0.4, -0.2) is 33.6 Å². The molecule has 160 valence electrons. The Balaban J connectivity index is 1.46. The molecule has 1 unspecified atom stereocenters. The SMILES string of the molecule is CC(C(=O)NCCNc1cc(-c2ccccc2Cl)nc2c(Br)cnn12)C1=CC=CCC1. The Morgan fingerprint density at radius 3 is 2.94 bits per heavy atom. The van der Waals surface area contributed by atoms with E-state index in [4.69, 9.17) is 16.6 Å². The summed E-state index contributed by atoms with van der Waals surface area (Å²) in [6, 6.07) is 9.51. The van der Waals surface area contributed by atoms with E-state index in [2.05, 4.69) is 37.7 Å². The zero-order chi connectivity index (χ0) is 21.8. The van der Waals surface area contributed by atoms with Crippen LogP contribution in [0.2, 0.25) is 5.02 Å². The van der Waals surface area contributed by atoms with Gasteiger partial charge in [0, 0.05) is 29.7 Å². The molecule has 4 rings (SSSR count). The van der Waals surface area contributed by atoms with Crippen molar-refractivity contribution in [3.8, 4) is 11.3 Å². The Morgan fingerprint density at radius 2 is 2.16 bits per heavy atom. The fourth-order valence-electron chi connectivity index (χ4n) is 3.55. The standard InChI is InChI=1S/C23H23BrClN5O/c1-15(16-7-3-2-4-8-16)23(31)27-12-11-26-21-13-20(17-9-5-6-10-19(17)25)29-22-18(24)14-28-30(21)22/h2-3,5-7,9-10,13-15,26H,4,8,11-12H2,1H3,(H,27,31). The van der Waals surface area contributed by atoms with Crippen LogP contribution in [0, 0.1) is 5.92 Å². The van der Waals surface area contributed by atoms with E-state index in [-0.39, 0.29) is 11.8 Å². The topological polar surface area (TPSA) is 71.3 Å². The summed E-state index contributed by atoms with van der Waals surface area (Å²) in [6.45, 7) is 3.01. The maximum absolute atomic E-state index is 12.5. The predicted octanol–water partition coefficient (Wildman–Crippen LogP) is 5.25. The van der Waals surface area contributed by atoms with Crippen molar-refractivity contribution in [2.75, 3.05) is 18.4 Å². The number of benzene rings is 1. The van der Waals surface area contributed by atoms with Crippen molar-refractivity contribution >= 4 is 44.9 Å². The maximum Gasteiger partial charge on any atom is 0.226 e. The van der Waals surface area contributed by atoms with Gasteiger partial charge < -0.3 is 10.6 Å². The van der Waals surface area contributed by atoms with E-state index in [1.165, 1.54) is 5.57 Å². The molecule has 0 bridgehead atoms. The fourth-order valence-corrected chi connectivity index (χ4v) is 4.13. The number of halogens is 2. The van der Waals surface area contributed by atoms with Crippen LogP contribution in [0.15, 0.2) is 64.8 Å². The fraction of sp³-hybridized carbons (Fsp3) is 0.261. The summed E-state index contributed by atoms with van der Waals surface area (Å²) in [6.07, 6.45) is 9.84. The lowest BCUT2D eigenvalue weighted by Gasteiger charge is -2.17. The first-order valence-corrected chi connectivity index (χ1v) is 11.4. The average Bonchev–Trinajstić information content (AvgIpc) is 3.17. The van der Waals surface area contributed by atoms with Crippen molar-refractivity contribution in [1.29, 1.82) is 0 Å². The molecular formula is C23H23BrClN5O. The van der Waals surface area contributed by atoms with Crippen molar-refractivity contribution < 1.29 is 4.79 Å². The summed E-state index contributed by atoms with van der Waals surface area (Å²) < 4.78 is 2.52. The number of nitrogens with zero attached hydrogens (tertiary/aromatic N) is 3. The predicted molar refractivity (Wildman–Crippen MR) is 128 cm³/mol. The zero-order valence-electron chi connectivity index (χ0n) is 17.1. The van der Waals surface area contributed by atoms with Crippen LogP contribution in [0.4, 0.5) is 5.82 Å². The number of nitrogens with one attached hydrogen (secondary N) is 2. The Kier molecular flexibility index (Phi) is 6.73. The molecule has 31 heavy (non-hydrogen) atoms. The van der Waals surface area contributed by atoms with Crippen molar-refractivity contribution in [2.45, 2.75) is 19.8 Å². The van der Waals surface area contributed by atoms with E-state index < -0.39 is 0 Å². The second-order valence-electron chi connectivity index (χ2n) is 7.38. The first-order chi connectivity index (χ1) is 15.0. The highest BCUT2D eigenvalue weighted by molar-refractivity contribution is 9.10. The number of carbonyl (C=O) groups excluding carboxylic acids is 1. The smallest absolute Gasteiger partial charge is 0.226 e. The molecule has 0 radical (unpaired) electrons. The molecule has 0 saturated heterocycles. The third-order valence-corrected chi connectivity index (χ3v) is 6.19. The lowest BCUT2D eigenvalue weighted by molar-refractivity contribution is -0.123. The van der Waals surface area contributed by atoms with E-state index in [0.29, 0.717) is 23.8 Å². The minimum Gasteiger partial charge on any atom is -0.368 e. The molecule has 0 spiro atoms. The van der Waals surface area contributed by atoms with E-state index in [1.807, 2.05) is 49.4 Å². The summed E-state index contributed by atoms with van der Waals surface area (Å²) in [4.78, 5) is 17.2. The van der Waals surface area contributed by atoms with Gasteiger partial charge in [-0.25, -0.2) is 4.98 Å². The van der Waals surface area contributed by atoms with Crippen LogP contribution in [0.1, 0.15) is 19.8 Å². The molecule has 1 aliphatic carbocycles. The van der Waals surface area contributed by atoms with E-state index in [0.717, 1.165) is 34.4 Å². The molecule has 6 nitrogen and oxygen atoms in total. The molecule has 1 atom stereocenters. The lowest BCUT2D eigenvalue weighted by Crippen LogP contribution is -2.34. The van der Waals surface area contributed by atoms with Crippen molar-refractivity contribution in [1.82, 2.24) is 19.9 Å². The molecule has 2 heterocycles. The van der Waals surface area contributed by atoms with Gasteiger partial charge in [-0.05, 0) is 41.8 Å². The van der Waals surface area contributed by atoms with Crippen LogP contribution in [0.25, 0.3) is 16.9 Å². The number of fused-ring (bicyclic) bond motifs is 1. The number of hydrogen-bond donors (Lipinski definition) is 2. The molecule has 1 amide bonds. The molecule has 0 fully saturated rings. The van der Waals surface area contributed by atoms with Gasteiger partial charge in [0.15, 0.2) is 5.65 Å². The molecule has 0 saturated carbocycles. The Bertz CT molecular complexity index is 1170. The number of hydrogen-bond acceptors (Lipinski definition) is 4. The van der Waals surface area contributed by atoms with Crippen LogP contribution in [0.5, 0.6) is 0 Å². The quantitative estimate of drug-likeness (QED) is 0.435. The van der Waals surface area contributed by atoms with Crippen LogP contribution < -0.4 is 10.6 Å². The molecule has 3 aromatic rings. The van der Waals surface area contributed by atoms with Gasteiger partial charge in [0.1, 0.15) is 5.82 Å². The molecule has 0 aliphatic heterocycles. The summed E-state index contributed by atoms with van der Waals surface area (Å²) >= 11 is 9.89. The first kappa shape index (κ1) is 21.6. The van der Waals surface area contributed by atoms with Crippen LogP contribution >= 0.6 is 27.5 Å². The summed E-state index contributed by atoms with van der Waals surface area (Å²) in [5.74, 6) is 0.696. The Labute approximate surface area is 194 Å². The van der Waals surface area contributed by atoms with E-state index in [9.17, 15) is 4.79 Å². The van der Waals surface area contributed by atoms with Gasteiger partial charge >= 0.3 is 0 Å². The minimum absolute atomic E-state index is 0.0433. The number of aromatic nitrogens is 3. The third kappa shape index (κ3) is 4.83. The van der Waals surface area contributed by atoms with Crippen LogP contribution in [0.3, 0.4) is 0 Å². The second-order valence-corrected chi connectivity index (χ2v) is 8.64. The Morgan fingerprint density at radius 1 is 1.32 bits per heavy atom. The molecule has 1 aromatic carbocycles. The van der Waals surface area contributed by atoms with Gasteiger partial charge in [0.05, 0.1) is 22.3 Å². The number of allylic oxidation sites excluding steroid dienone is 3. The zero-order valence-corrected chi connectivity index (χ0v) is 19.4. The molecule has 8 heteroatoms. The van der Waals surface area contributed by atoms with Crippen LogP contribution in [-0.2, 0) is 4.79 Å². The molecular weight excluding hydrogens is 478 g/mol. The second kappa shape index (κ2) is 9.66. The highest BCUT2D eigenvalue weighted by Gasteiger charge is 2.18. The molecule has 2 aromatic heterocycles. The van der Waals surface area contributed by atoms with E-state index >= 15 is 0 Å². The molecule has 1 aliphatic rings. The summed E-state index contributed by atoms with van der Waals surface area (Å²) in [5, 5.41) is 11.4. The van der Waals surface area contributed by atoms with Gasteiger partial charge in [-0.3, -0.25) is 4.79 Å². The lowest BCUT2D eigenvalue weighted by atomic mass is 9.93. The van der Waals surface area contributed by atoms with Gasteiger partial charge in [0.25, 0.3) is 0 Å². The molecule has 2 N–H and O–H groups in total. The minimum atomic E-state index is -0.119. The highest BCUT2D eigenvalue weighted by atomic mass is 79.9. The van der Waals surface area contributed by atoms with Gasteiger partial charge in [-0.1, -0.05) is 53.6 Å². The van der Waals surface area contributed by atoms with Crippen molar-refractivity contribution in [3.63, 3.8) is 0 Å². The van der Waals surface area contributed by atoms with Gasteiger partial charge in [-0.2, -0.15) is 9.61 Å². The largest absolute Gasteiger partial charge is 0.368 e. The maximum atomic E-state index is 12.5. The number of anilines is 1. The van der Waals surface area contributed by atoms with E-state index in [1.54, 1.807) is 10.7 Å². The number of amides is 1. The van der Waals surface area contributed by atoms with Gasteiger partial charge in [0.2, 0.25) is 5.91 Å². The Hall–Kier alpha value is -2.64. The summed E-state index contributed by atoms with van der Waals surface area (Å²) in [7, 11) is 0. The van der Waals surface area contributed by atoms with Gasteiger partial charge in [-0.15, -0.1) is 0 Å². The monoisotopic (exact) mass is 499 g/mol. The van der Waals surface area contributed by atoms with Crippen molar-refractivity contribution in [2.24, 2.45) is 5.92 Å². The third-order valence-electron chi connectivity index (χ3n) is 5.30. The summed E-state index contributed by atoms with van der Waals surface area (Å²) in [5.41, 5.74) is 3.46. The number of rotatable bonds is 7. The number of carbonyl (C=O) groups is 1. The normalized spacial score (nSPS) is 14.4. The highest BCUT2D eigenvalue weighted by Crippen LogP contribution is 2.30. The first-order valence-electron chi connectivity index (χ1n) is 10.2. The van der Waals surface area contributed by atoms with Crippen molar-refractivity contribution in [3.05, 3.63) is 69.8 Å². The average molecular weight is 501 g/mol.